The predicted octanol–water partition coefficient (Wildman–Crippen LogP) is 5.13. The molecule has 0 saturated carbocycles. The van der Waals surface area contributed by atoms with Crippen LogP contribution in [0.2, 0.25) is 0 Å². The molecule has 0 aromatic heterocycles. The van der Waals surface area contributed by atoms with Crippen molar-refractivity contribution in [2.75, 3.05) is 0 Å². The van der Waals surface area contributed by atoms with Crippen LogP contribution in [0, 0.1) is 12.3 Å². The third-order valence-electron chi connectivity index (χ3n) is 0. The Bertz CT molecular complexity index is 29.8. The van der Waals surface area contributed by atoms with Gasteiger partial charge in [-0.1, -0.05) is 61.8 Å². The van der Waals surface area contributed by atoms with Crippen molar-refractivity contribution in [3.63, 3.8) is 0 Å². The lowest BCUT2D eigenvalue weighted by atomic mass is 10.6. The average molecular weight is 174 g/mol. The lowest BCUT2D eigenvalue weighted by molar-refractivity contribution is 1.09. The fraction of sp³-hybridized carbons (Fsp3) is 0.833. The van der Waals surface area contributed by atoms with Gasteiger partial charge in [-0.3, -0.25) is 0 Å². The summed E-state index contributed by atoms with van der Waals surface area (Å²) in [6.45, 7) is 17.9. The van der Waals surface area contributed by atoms with Crippen LogP contribution in [0.15, 0.2) is 0 Å². The summed E-state index contributed by atoms with van der Waals surface area (Å²) in [7, 11) is 0. The third kappa shape index (κ3) is 3620. The highest BCUT2D eigenvalue weighted by Gasteiger charge is 1.35. The van der Waals surface area contributed by atoms with Crippen LogP contribution in [0.4, 0.5) is 0 Å². The van der Waals surface area contributed by atoms with E-state index in [1.165, 1.54) is 6.42 Å². The lowest BCUT2D eigenvalue weighted by Crippen LogP contribution is -1.27. The van der Waals surface area contributed by atoms with E-state index in [2.05, 4.69) is 26.2 Å². The number of hydrogen-bond donors (Lipinski definition) is 0. The Kier molecular flexibility index (Phi) is 990. The van der Waals surface area contributed by atoms with Crippen LogP contribution in [0.1, 0.15) is 68.7 Å². The Morgan fingerprint density at radius 1 is 0.833 bits per heavy atom. The first-order valence-electron chi connectivity index (χ1n) is 5.20. The first-order chi connectivity index (χ1) is 5.83. The molecule has 78 valence electrons. The molecule has 0 radical (unpaired) electrons. The Hall–Kier alpha value is -0.440. The Morgan fingerprint density at radius 3 is 0.833 bits per heavy atom. The van der Waals surface area contributed by atoms with Crippen LogP contribution in [0.25, 0.3) is 0 Å². The van der Waals surface area contributed by atoms with E-state index in [0.717, 1.165) is 0 Å². The quantitative estimate of drug-likeness (QED) is 0.446. The maximum atomic E-state index is 4.60. The molecule has 0 aliphatic rings. The average Bonchev–Trinajstić information content (AvgIpc) is 2.16. The van der Waals surface area contributed by atoms with E-state index in [0.29, 0.717) is 0 Å². The molecule has 0 aromatic carbocycles. The topological polar surface area (TPSA) is 0 Å². The summed E-state index contributed by atoms with van der Waals surface area (Å²) in [6.07, 6.45) is 5.85. The molecule has 0 amide bonds. The summed E-state index contributed by atoms with van der Waals surface area (Å²) >= 11 is 0. The van der Waals surface area contributed by atoms with Gasteiger partial charge in [-0.2, -0.15) is 0 Å². The third-order valence-corrected chi connectivity index (χ3v) is 0. The molecule has 0 fully saturated rings. The van der Waals surface area contributed by atoms with Gasteiger partial charge in [0.15, 0.2) is 0 Å². The van der Waals surface area contributed by atoms with E-state index in [4.69, 9.17) is 0 Å². The van der Waals surface area contributed by atoms with Crippen molar-refractivity contribution in [2.45, 2.75) is 68.7 Å². The summed E-state index contributed by atoms with van der Waals surface area (Å²) in [4.78, 5) is 0. The molecule has 0 rings (SSSR count). The standard InChI is InChI=1S/C3H8.C3H4.3C2H6/c2*1-3-2;3*1-2/h3H2,1-2H3;1H,2H3;3*1-2H3. The molecule has 0 aromatic rings. The SMILES string of the molecule is C#CC.CC.CC.CC.CCC. The Labute approximate surface area is 81.8 Å². The Morgan fingerprint density at radius 2 is 0.833 bits per heavy atom. The molecular formula is C12H30. The number of terminal acetylenes is 1. The Balaban J connectivity index is -0.0000000174. The highest BCUT2D eigenvalue weighted by Crippen LogP contribution is 1.56. The maximum Gasteiger partial charge on any atom is -0.00297 e. The summed E-state index contributed by atoms with van der Waals surface area (Å²) in [5.74, 6) is 2.25. The minimum Gasteiger partial charge on any atom is -0.120 e. The molecule has 12 heavy (non-hydrogen) atoms. The van der Waals surface area contributed by atoms with E-state index in [1.807, 2.05) is 41.5 Å². The van der Waals surface area contributed by atoms with E-state index < -0.39 is 0 Å². The second-order valence-electron chi connectivity index (χ2n) is 0.996. The molecular weight excluding hydrogens is 144 g/mol. The maximum absolute atomic E-state index is 4.60. The van der Waals surface area contributed by atoms with Gasteiger partial charge in [0.25, 0.3) is 0 Å². The van der Waals surface area contributed by atoms with E-state index in [9.17, 15) is 0 Å². The normalized spacial score (nSPS) is 3.67. The molecule has 0 spiro atoms. The van der Waals surface area contributed by atoms with Crippen LogP contribution in [-0.4, -0.2) is 0 Å². The largest absolute Gasteiger partial charge is 0.120 e. The van der Waals surface area contributed by atoms with Crippen LogP contribution < -0.4 is 0 Å². The summed E-state index contributed by atoms with van der Waals surface area (Å²) in [5, 5.41) is 0. The molecule has 0 aliphatic heterocycles. The van der Waals surface area contributed by atoms with Crippen molar-refractivity contribution >= 4 is 0 Å². The highest BCUT2D eigenvalue weighted by molar-refractivity contribution is 4.73. The minimum absolute atomic E-state index is 1.25. The molecule has 0 bridgehead atoms. The zero-order valence-corrected chi connectivity index (χ0v) is 10.8. The summed E-state index contributed by atoms with van der Waals surface area (Å²) < 4.78 is 0. The van der Waals surface area contributed by atoms with Crippen LogP contribution in [0.5, 0.6) is 0 Å². The molecule has 0 saturated heterocycles. The minimum atomic E-state index is 1.25. The molecule has 0 heteroatoms. The van der Waals surface area contributed by atoms with E-state index in [-0.39, 0.29) is 0 Å². The summed E-state index contributed by atoms with van der Waals surface area (Å²) in [5.41, 5.74) is 0. The molecule has 0 nitrogen and oxygen atoms in total. The van der Waals surface area contributed by atoms with Crippen LogP contribution in [0.3, 0.4) is 0 Å². The van der Waals surface area contributed by atoms with E-state index in [1.54, 1.807) is 6.92 Å². The van der Waals surface area contributed by atoms with Gasteiger partial charge in [0.1, 0.15) is 0 Å². The van der Waals surface area contributed by atoms with Crippen molar-refractivity contribution < 1.29 is 0 Å². The number of hydrogen-bond acceptors (Lipinski definition) is 0. The molecule has 0 heterocycles. The predicted molar refractivity (Wildman–Crippen MR) is 64.5 cm³/mol. The van der Waals surface area contributed by atoms with Gasteiger partial charge in [0, 0.05) is 0 Å². The zero-order chi connectivity index (χ0) is 11.4. The number of rotatable bonds is 0. The van der Waals surface area contributed by atoms with Gasteiger partial charge in [-0.25, -0.2) is 0 Å². The van der Waals surface area contributed by atoms with Crippen molar-refractivity contribution in [1.29, 1.82) is 0 Å². The van der Waals surface area contributed by atoms with Crippen molar-refractivity contribution in [2.24, 2.45) is 0 Å². The zero-order valence-electron chi connectivity index (χ0n) is 10.8. The van der Waals surface area contributed by atoms with Crippen LogP contribution >= 0.6 is 0 Å². The van der Waals surface area contributed by atoms with Crippen molar-refractivity contribution in [1.82, 2.24) is 0 Å². The van der Waals surface area contributed by atoms with Gasteiger partial charge in [0.05, 0.1) is 0 Å². The van der Waals surface area contributed by atoms with E-state index >= 15 is 0 Å². The monoisotopic (exact) mass is 174 g/mol. The second kappa shape index (κ2) is 397. The van der Waals surface area contributed by atoms with Crippen LogP contribution in [-0.2, 0) is 0 Å². The second-order valence-corrected chi connectivity index (χ2v) is 0.996. The molecule has 0 aliphatic carbocycles. The molecule has 0 atom stereocenters. The highest BCUT2D eigenvalue weighted by atomic mass is 13.4. The van der Waals surface area contributed by atoms with Gasteiger partial charge in [-0.15, -0.1) is 12.3 Å². The smallest absolute Gasteiger partial charge is 0.00297 e. The molecule has 0 N–H and O–H groups in total. The fourth-order valence-electron chi connectivity index (χ4n) is 0. The summed E-state index contributed by atoms with van der Waals surface area (Å²) in [6, 6.07) is 0. The van der Waals surface area contributed by atoms with Gasteiger partial charge < -0.3 is 0 Å². The first kappa shape index (κ1) is 30.0. The lowest BCUT2D eigenvalue weighted by Gasteiger charge is -1.48. The van der Waals surface area contributed by atoms with Gasteiger partial charge >= 0.3 is 0 Å². The van der Waals surface area contributed by atoms with Crippen molar-refractivity contribution in [3.05, 3.63) is 0 Å². The van der Waals surface area contributed by atoms with Gasteiger partial charge in [-0.05, 0) is 6.92 Å². The first-order valence-corrected chi connectivity index (χ1v) is 5.20. The molecule has 0 unspecified atom stereocenters. The van der Waals surface area contributed by atoms with Gasteiger partial charge in [0.2, 0.25) is 0 Å². The fourth-order valence-corrected chi connectivity index (χ4v) is 0. The van der Waals surface area contributed by atoms with Crippen molar-refractivity contribution in [3.8, 4) is 12.3 Å².